The van der Waals surface area contributed by atoms with E-state index in [4.69, 9.17) is 21.1 Å². The van der Waals surface area contributed by atoms with E-state index in [9.17, 15) is 25.2 Å². The van der Waals surface area contributed by atoms with Crippen molar-refractivity contribution in [3.05, 3.63) is 69.7 Å². The Morgan fingerprint density at radius 3 is 2.48 bits per heavy atom. The lowest BCUT2D eigenvalue weighted by Gasteiger charge is -2.46. The maximum atomic E-state index is 10.8. The zero-order valence-electron chi connectivity index (χ0n) is 15.4. The third kappa shape index (κ3) is 3.19. The summed E-state index contributed by atoms with van der Waals surface area (Å²) in [7, 11) is 0. The minimum Gasteiger partial charge on any atom is -0.393 e. The first-order chi connectivity index (χ1) is 13.8. The van der Waals surface area contributed by atoms with Crippen LogP contribution < -0.4 is 0 Å². The number of aldehydes is 1. The quantitative estimate of drug-likeness (QED) is 0.528. The van der Waals surface area contributed by atoms with Crippen LogP contribution in [-0.4, -0.2) is 63.8 Å². The molecule has 2 aromatic rings. The summed E-state index contributed by atoms with van der Waals surface area (Å²) >= 11 is 6.36. The Bertz CT molecular complexity index is 918. The van der Waals surface area contributed by atoms with E-state index < -0.39 is 36.3 Å². The van der Waals surface area contributed by atoms with Crippen molar-refractivity contribution in [2.45, 2.75) is 36.1 Å². The first-order valence-electron chi connectivity index (χ1n) is 9.17. The molecule has 0 radical (unpaired) electrons. The molecule has 4 N–H and O–H groups in total. The Labute approximate surface area is 172 Å². The summed E-state index contributed by atoms with van der Waals surface area (Å²) in [6.07, 6.45) is -3.41. The summed E-state index contributed by atoms with van der Waals surface area (Å²) in [6.45, 7) is -0.771. The SMILES string of the molecule is O=Cc1ccc(Cc2cc([C@]34OC[C@](CO)(O3)[C@@H](O)[C@H](O)[C@H]4O)ccc2Cl)cc1. The molecule has 0 unspecified atom stereocenters. The highest BCUT2D eigenvalue weighted by atomic mass is 35.5. The van der Waals surface area contributed by atoms with Crippen molar-refractivity contribution in [2.75, 3.05) is 13.2 Å². The van der Waals surface area contributed by atoms with Gasteiger partial charge in [0.05, 0.1) is 13.2 Å². The van der Waals surface area contributed by atoms with Gasteiger partial charge in [0.15, 0.2) is 0 Å². The van der Waals surface area contributed by atoms with E-state index in [1.807, 2.05) is 12.1 Å². The number of halogens is 1. The van der Waals surface area contributed by atoms with Gasteiger partial charge in [0.25, 0.3) is 0 Å². The highest BCUT2D eigenvalue weighted by Gasteiger charge is 2.67. The first kappa shape index (κ1) is 20.4. The van der Waals surface area contributed by atoms with E-state index in [0.29, 0.717) is 22.6 Å². The number of ether oxygens (including phenoxy) is 2. The van der Waals surface area contributed by atoms with Gasteiger partial charge in [-0.05, 0) is 29.7 Å². The number of hydrogen-bond acceptors (Lipinski definition) is 7. The number of fused-ring (bicyclic) bond motifs is 2. The topological polar surface area (TPSA) is 116 Å². The lowest BCUT2D eigenvalue weighted by molar-refractivity contribution is -0.329. The molecule has 5 atom stereocenters. The molecule has 0 saturated carbocycles. The number of carbonyl (C=O) groups excluding carboxylic acids is 1. The van der Waals surface area contributed by atoms with Crippen LogP contribution in [0.2, 0.25) is 5.02 Å². The van der Waals surface area contributed by atoms with E-state index in [2.05, 4.69) is 0 Å². The molecule has 2 aromatic carbocycles. The average molecular weight is 421 g/mol. The minimum atomic E-state index is -1.73. The number of aliphatic hydroxyl groups excluding tert-OH is 4. The second-order valence-electron chi connectivity index (χ2n) is 7.50. The van der Waals surface area contributed by atoms with Crippen LogP contribution in [0.15, 0.2) is 42.5 Å². The fourth-order valence-electron chi connectivity index (χ4n) is 3.94. The van der Waals surface area contributed by atoms with Crippen LogP contribution in [-0.2, 0) is 21.7 Å². The smallest absolute Gasteiger partial charge is 0.225 e. The predicted molar refractivity (Wildman–Crippen MR) is 103 cm³/mol. The van der Waals surface area contributed by atoms with Gasteiger partial charge in [0.2, 0.25) is 5.79 Å². The predicted octanol–water partition coefficient (Wildman–Crippen LogP) is 0.770. The van der Waals surface area contributed by atoms with Crippen molar-refractivity contribution in [3.8, 4) is 0 Å². The molecule has 0 aliphatic carbocycles. The number of hydrogen-bond donors (Lipinski definition) is 4. The highest BCUT2D eigenvalue weighted by molar-refractivity contribution is 6.31. The van der Waals surface area contributed by atoms with Crippen molar-refractivity contribution >= 4 is 17.9 Å². The number of benzene rings is 2. The van der Waals surface area contributed by atoms with E-state index in [0.717, 1.165) is 17.4 Å². The van der Waals surface area contributed by atoms with Crippen LogP contribution in [0.3, 0.4) is 0 Å². The fraction of sp³-hybridized carbons (Fsp3) is 0.381. The molecule has 29 heavy (non-hydrogen) atoms. The third-order valence-electron chi connectivity index (χ3n) is 5.69. The highest BCUT2D eigenvalue weighted by Crippen LogP contribution is 2.49. The molecule has 7 nitrogen and oxygen atoms in total. The lowest BCUT2D eigenvalue weighted by Crippen LogP contribution is -2.65. The fourth-order valence-corrected chi connectivity index (χ4v) is 4.12. The lowest BCUT2D eigenvalue weighted by atomic mass is 9.83. The van der Waals surface area contributed by atoms with Gasteiger partial charge in [-0.1, -0.05) is 41.9 Å². The monoisotopic (exact) mass is 420 g/mol. The van der Waals surface area contributed by atoms with E-state index in [1.54, 1.807) is 30.3 Å². The molecular formula is C21H21ClO7. The number of rotatable bonds is 5. The van der Waals surface area contributed by atoms with Crippen LogP contribution in [0.25, 0.3) is 0 Å². The van der Waals surface area contributed by atoms with Gasteiger partial charge >= 0.3 is 0 Å². The normalized spacial score (nSPS) is 33.6. The molecule has 8 heteroatoms. The molecule has 2 fully saturated rings. The third-order valence-corrected chi connectivity index (χ3v) is 6.06. The van der Waals surface area contributed by atoms with Crippen LogP contribution >= 0.6 is 11.6 Å². The van der Waals surface area contributed by atoms with Crippen LogP contribution in [0.4, 0.5) is 0 Å². The standard InChI is InChI=1S/C21H21ClO7/c22-16-6-5-15(8-14(16)7-12-1-3-13(9-23)4-2-12)21-19(27)17(25)18(26)20(10-24,29-21)11-28-21/h1-6,8-9,17-19,24-27H,7,10-11H2/t17-,18-,19+,20-,21-/m0/s1. The van der Waals surface area contributed by atoms with Crippen molar-refractivity contribution in [2.24, 2.45) is 0 Å². The Morgan fingerprint density at radius 2 is 1.83 bits per heavy atom. The first-order valence-corrected chi connectivity index (χ1v) is 9.55. The van der Waals surface area contributed by atoms with Crippen LogP contribution in [0.5, 0.6) is 0 Å². The molecule has 154 valence electrons. The second-order valence-corrected chi connectivity index (χ2v) is 7.91. The van der Waals surface area contributed by atoms with E-state index in [-0.39, 0.29) is 6.61 Å². The molecular weight excluding hydrogens is 400 g/mol. The van der Waals surface area contributed by atoms with Gasteiger partial charge < -0.3 is 29.9 Å². The Kier molecular flexibility index (Phi) is 5.25. The summed E-state index contributed by atoms with van der Waals surface area (Å²) in [5.74, 6) is -1.73. The molecule has 0 amide bonds. The largest absolute Gasteiger partial charge is 0.393 e. The van der Waals surface area contributed by atoms with Crippen molar-refractivity contribution in [1.82, 2.24) is 0 Å². The maximum absolute atomic E-state index is 10.8. The summed E-state index contributed by atoms with van der Waals surface area (Å²) in [5, 5.41) is 41.5. The van der Waals surface area contributed by atoms with Gasteiger partial charge in [0, 0.05) is 16.1 Å². The molecule has 2 heterocycles. The van der Waals surface area contributed by atoms with Gasteiger partial charge in [-0.25, -0.2) is 0 Å². The van der Waals surface area contributed by atoms with Crippen LogP contribution in [0.1, 0.15) is 27.0 Å². The molecule has 2 aliphatic heterocycles. The van der Waals surface area contributed by atoms with Crippen LogP contribution in [0, 0.1) is 0 Å². The molecule has 2 saturated heterocycles. The molecule has 2 aliphatic rings. The molecule has 2 bridgehead atoms. The number of aliphatic hydroxyl groups is 4. The van der Waals surface area contributed by atoms with Gasteiger partial charge in [-0.3, -0.25) is 4.79 Å². The van der Waals surface area contributed by atoms with Gasteiger partial charge in [0.1, 0.15) is 30.2 Å². The zero-order valence-corrected chi connectivity index (χ0v) is 16.1. The van der Waals surface area contributed by atoms with Gasteiger partial charge in [-0.2, -0.15) is 0 Å². The molecule has 0 spiro atoms. The summed E-state index contributed by atoms with van der Waals surface area (Å²) < 4.78 is 11.6. The Balaban J connectivity index is 1.70. The van der Waals surface area contributed by atoms with Crippen molar-refractivity contribution in [1.29, 1.82) is 0 Å². The summed E-state index contributed by atoms with van der Waals surface area (Å²) in [4.78, 5) is 10.8. The molecule has 0 aromatic heterocycles. The van der Waals surface area contributed by atoms with E-state index in [1.165, 1.54) is 0 Å². The molecule has 4 rings (SSSR count). The van der Waals surface area contributed by atoms with Crippen molar-refractivity contribution in [3.63, 3.8) is 0 Å². The average Bonchev–Trinajstić information content (AvgIpc) is 3.13. The Morgan fingerprint density at radius 1 is 1.10 bits per heavy atom. The van der Waals surface area contributed by atoms with Crippen molar-refractivity contribution < 1.29 is 34.7 Å². The van der Waals surface area contributed by atoms with E-state index >= 15 is 0 Å². The second kappa shape index (κ2) is 7.45. The minimum absolute atomic E-state index is 0.191. The Hall–Kier alpha value is -1.84. The van der Waals surface area contributed by atoms with Gasteiger partial charge in [-0.15, -0.1) is 0 Å². The number of carbonyl (C=O) groups is 1. The maximum Gasteiger partial charge on any atom is 0.225 e. The summed E-state index contributed by atoms with van der Waals surface area (Å²) in [6, 6.07) is 12.0. The summed E-state index contributed by atoms with van der Waals surface area (Å²) in [5.41, 5.74) is 1.10. The zero-order chi connectivity index (χ0) is 20.8.